The lowest BCUT2D eigenvalue weighted by Gasteiger charge is -2.27. The topological polar surface area (TPSA) is 101 Å². The van der Waals surface area contributed by atoms with Crippen LogP contribution in [0.2, 0.25) is 0 Å². The summed E-state index contributed by atoms with van der Waals surface area (Å²) in [6.07, 6.45) is -1.37. The fourth-order valence-electron chi connectivity index (χ4n) is 3.52. The summed E-state index contributed by atoms with van der Waals surface area (Å²) < 4.78 is 42.3. The summed E-state index contributed by atoms with van der Waals surface area (Å²) in [5, 5.41) is 10.1. The van der Waals surface area contributed by atoms with Crippen LogP contribution < -0.4 is 5.32 Å². The van der Waals surface area contributed by atoms with E-state index in [9.17, 15) is 18.0 Å². The third-order valence-electron chi connectivity index (χ3n) is 4.88. The van der Waals surface area contributed by atoms with Crippen LogP contribution in [0.5, 0.6) is 0 Å². The first-order valence-electron chi connectivity index (χ1n) is 8.91. The van der Waals surface area contributed by atoms with E-state index in [1.165, 1.54) is 12.7 Å². The number of carboxylic acids is 1. The number of carbonyl (C=O) groups excluding carboxylic acids is 1. The van der Waals surface area contributed by atoms with Crippen molar-refractivity contribution in [3.05, 3.63) is 30.1 Å². The molecule has 0 aliphatic carbocycles. The Hall–Kier alpha value is -2.24. The molecule has 1 amide bonds. The molecule has 0 spiro atoms. The number of nitrogens with one attached hydrogen (secondary N) is 1. The molecule has 0 radical (unpaired) electrons. The Morgan fingerprint density at radius 3 is 2.79 bits per heavy atom. The zero-order valence-corrected chi connectivity index (χ0v) is 15.9. The maximum absolute atomic E-state index is 11.7. The van der Waals surface area contributed by atoms with Gasteiger partial charge in [0.15, 0.2) is 0 Å². The molecule has 2 fully saturated rings. The van der Waals surface area contributed by atoms with Crippen LogP contribution in [0.3, 0.4) is 0 Å². The zero-order valence-electron chi connectivity index (χ0n) is 15.9. The number of aromatic nitrogens is 1. The SMILES string of the molecule is COCC(=O)NC[C@]12COC[C@H]1CN(Cc1cccnc1)C2.O=C(O)C(F)(F)F. The number of likely N-dealkylation sites (tertiary alicyclic amines) is 1. The normalized spacial score (nSPS) is 23.8. The second-order valence-corrected chi connectivity index (χ2v) is 7.12. The second-order valence-electron chi connectivity index (χ2n) is 7.12. The van der Waals surface area contributed by atoms with Crippen molar-refractivity contribution in [3.8, 4) is 0 Å². The summed E-state index contributed by atoms with van der Waals surface area (Å²) in [5.74, 6) is -2.34. The Bertz CT molecular complexity index is 689. The molecule has 0 saturated carbocycles. The van der Waals surface area contributed by atoms with E-state index in [4.69, 9.17) is 19.4 Å². The Kier molecular flexibility index (Phi) is 7.94. The average molecular weight is 419 g/mol. The van der Waals surface area contributed by atoms with E-state index in [-0.39, 0.29) is 17.9 Å². The maximum Gasteiger partial charge on any atom is 0.490 e. The number of aliphatic carboxylic acids is 1. The summed E-state index contributed by atoms with van der Waals surface area (Å²) in [6, 6.07) is 4.07. The van der Waals surface area contributed by atoms with Crippen molar-refractivity contribution >= 4 is 11.9 Å². The predicted octanol–water partition coefficient (Wildman–Crippen LogP) is 0.926. The minimum Gasteiger partial charge on any atom is -0.475 e. The quantitative estimate of drug-likeness (QED) is 0.707. The summed E-state index contributed by atoms with van der Waals surface area (Å²) in [4.78, 5) is 27.2. The summed E-state index contributed by atoms with van der Waals surface area (Å²) in [7, 11) is 1.53. The van der Waals surface area contributed by atoms with Gasteiger partial charge in [0, 0.05) is 57.0 Å². The molecule has 29 heavy (non-hydrogen) atoms. The van der Waals surface area contributed by atoms with Crippen LogP contribution in [0, 0.1) is 11.3 Å². The van der Waals surface area contributed by atoms with E-state index in [1.807, 2.05) is 12.3 Å². The first-order valence-corrected chi connectivity index (χ1v) is 8.91. The van der Waals surface area contributed by atoms with Gasteiger partial charge in [0.2, 0.25) is 5.91 Å². The molecule has 1 aromatic rings. The standard InChI is InChI=1S/C16H23N3O3.C2HF3O2/c1-21-9-15(20)18-10-16-11-19(7-14(16)8-22-12-16)6-13-3-2-4-17-5-13;3-2(4,5)1(6)7/h2-5,14H,6-12H2,1H3,(H,18,20);(H,6,7)/t14-,16+;/m1./s1. The molecule has 2 saturated heterocycles. The number of alkyl halides is 3. The fraction of sp³-hybridized carbons (Fsp3) is 0.611. The molecule has 0 aromatic carbocycles. The molecule has 2 N–H and O–H groups in total. The van der Waals surface area contributed by atoms with Crippen molar-refractivity contribution in [2.45, 2.75) is 12.7 Å². The van der Waals surface area contributed by atoms with Crippen LogP contribution in [-0.2, 0) is 25.6 Å². The Balaban J connectivity index is 0.000000370. The smallest absolute Gasteiger partial charge is 0.475 e. The average Bonchev–Trinajstić information content (AvgIpc) is 3.18. The Labute approximate surface area is 166 Å². The van der Waals surface area contributed by atoms with Crippen LogP contribution >= 0.6 is 0 Å². The van der Waals surface area contributed by atoms with E-state index in [1.54, 1.807) is 6.20 Å². The summed E-state index contributed by atoms with van der Waals surface area (Å²) >= 11 is 0. The van der Waals surface area contributed by atoms with E-state index in [0.717, 1.165) is 26.2 Å². The summed E-state index contributed by atoms with van der Waals surface area (Å²) in [5.41, 5.74) is 1.26. The Morgan fingerprint density at radius 2 is 2.21 bits per heavy atom. The van der Waals surface area contributed by atoms with Gasteiger partial charge in [0.05, 0.1) is 13.2 Å². The number of hydrogen-bond donors (Lipinski definition) is 2. The van der Waals surface area contributed by atoms with E-state index in [0.29, 0.717) is 19.1 Å². The van der Waals surface area contributed by atoms with Crippen LogP contribution in [0.25, 0.3) is 0 Å². The molecule has 1 aromatic heterocycles. The number of hydrogen-bond acceptors (Lipinski definition) is 6. The zero-order chi connectivity index (χ0) is 21.5. The van der Waals surface area contributed by atoms with Gasteiger partial charge in [-0.05, 0) is 11.6 Å². The third-order valence-corrected chi connectivity index (χ3v) is 4.88. The fourth-order valence-corrected chi connectivity index (χ4v) is 3.52. The molecule has 2 aliphatic heterocycles. The minimum absolute atomic E-state index is 0.0333. The number of pyridine rings is 1. The van der Waals surface area contributed by atoms with Gasteiger partial charge in [-0.3, -0.25) is 14.7 Å². The molecule has 2 atom stereocenters. The number of fused-ring (bicyclic) bond motifs is 1. The molecule has 0 unspecified atom stereocenters. The highest BCUT2D eigenvalue weighted by molar-refractivity contribution is 5.77. The molecule has 0 bridgehead atoms. The molecule has 8 nitrogen and oxygen atoms in total. The van der Waals surface area contributed by atoms with Crippen molar-refractivity contribution in [2.24, 2.45) is 11.3 Å². The first kappa shape index (κ1) is 23.0. The molecule has 11 heteroatoms. The number of rotatable bonds is 6. The van der Waals surface area contributed by atoms with Gasteiger partial charge in [0.25, 0.3) is 0 Å². The van der Waals surface area contributed by atoms with Gasteiger partial charge in [-0.1, -0.05) is 6.07 Å². The monoisotopic (exact) mass is 419 g/mol. The highest BCUT2D eigenvalue weighted by atomic mass is 19.4. The molecule has 2 aliphatic rings. The number of amides is 1. The van der Waals surface area contributed by atoms with E-state index in [2.05, 4.69) is 21.3 Å². The lowest BCUT2D eigenvalue weighted by atomic mass is 9.81. The van der Waals surface area contributed by atoms with Gasteiger partial charge in [-0.25, -0.2) is 4.79 Å². The first-order chi connectivity index (χ1) is 13.7. The van der Waals surface area contributed by atoms with E-state index >= 15 is 0 Å². The highest BCUT2D eigenvalue weighted by Gasteiger charge is 2.50. The van der Waals surface area contributed by atoms with Crippen LogP contribution in [-0.4, -0.2) is 79.6 Å². The largest absolute Gasteiger partial charge is 0.490 e. The second kappa shape index (κ2) is 9.99. The maximum atomic E-state index is 11.7. The Morgan fingerprint density at radius 1 is 1.48 bits per heavy atom. The summed E-state index contributed by atoms with van der Waals surface area (Å²) in [6.45, 7) is 5.12. The number of ether oxygens (including phenoxy) is 2. The highest BCUT2D eigenvalue weighted by Crippen LogP contribution is 2.41. The lowest BCUT2D eigenvalue weighted by Crippen LogP contribution is -2.44. The van der Waals surface area contributed by atoms with E-state index < -0.39 is 12.1 Å². The van der Waals surface area contributed by atoms with Crippen molar-refractivity contribution < 1.29 is 37.3 Å². The van der Waals surface area contributed by atoms with Crippen LogP contribution in [0.1, 0.15) is 5.56 Å². The van der Waals surface area contributed by atoms with Gasteiger partial charge < -0.3 is 19.9 Å². The molecular formula is C18H24F3N3O5. The number of carbonyl (C=O) groups is 2. The van der Waals surface area contributed by atoms with Crippen molar-refractivity contribution in [2.75, 3.05) is 46.6 Å². The molecule has 3 heterocycles. The third kappa shape index (κ3) is 6.65. The number of methoxy groups -OCH3 is 1. The minimum atomic E-state index is -5.08. The number of halogens is 3. The molecular weight excluding hydrogens is 395 g/mol. The van der Waals surface area contributed by atoms with Gasteiger partial charge in [0.1, 0.15) is 6.61 Å². The van der Waals surface area contributed by atoms with Crippen LogP contribution in [0.4, 0.5) is 13.2 Å². The van der Waals surface area contributed by atoms with Crippen molar-refractivity contribution in [3.63, 3.8) is 0 Å². The van der Waals surface area contributed by atoms with Crippen molar-refractivity contribution in [1.29, 1.82) is 0 Å². The van der Waals surface area contributed by atoms with Crippen LogP contribution in [0.15, 0.2) is 24.5 Å². The number of nitrogens with zero attached hydrogens (tertiary/aromatic N) is 2. The molecule has 3 rings (SSSR count). The van der Waals surface area contributed by atoms with Gasteiger partial charge >= 0.3 is 12.1 Å². The number of carboxylic acid groups (broad SMARTS) is 1. The van der Waals surface area contributed by atoms with Gasteiger partial charge in [-0.2, -0.15) is 13.2 Å². The van der Waals surface area contributed by atoms with Crippen molar-refractivity contribution in [1.82, 2.24) is 15.2 Å². The molecule has 162 valence electrons. The predicted molar refractivity (Wildman–Crippen MR) is 94.8 cm³/mol. The lowest BCUT2D eigenvalue weighted by molar-refractivity contribution is -0.192. The van der Waals surface area contributed by atoms with Gasteiger partial charge in [-0.15, -0.1) is 0 Å².